The molecule has 2 heterocycles. The van der Waals surface area contributed by atoms with Crippen LogP contribution in [0, 0.1) is 0 Å². The minimum atomic E-state index is -3.88. The average molecular weight is 345 g/mol. The fraction of sp³-hybridized carbons (Fsp3) is 0.667. The molecular weight excluding hydrogens is 321 g/mol. The van der Waals surface area contributed by atoms with Gasteiger partial charge in [-0.05, 0) is 39.8 Å². The van der Waals surface area contributed by atoms with Gasteiger partial charge in [-0.1, -0.05) is 0 Å². The highest BCUT2D eigenvalue weighted by atomic mass is 31.2. The molecule has 0 aliphatic carbocycles. The summed E-state index contributed by atoms with van der Waals surface area (Å²) in [4.78, 5) is 23.9. The molecule has 1 aliphatic heterocycles. The first kappa shape index (κ1) is 18.0. The molecule has 1 saturated heterocycles. The summed E-state index contributed by atoms with van der Waals surface area (Å²) in [5, 5.41) is 0. The van der Waals surface area contributed by atoms with Gasteiger partial charge in [-0.15, -0.1) is 0 Å². The lowest BCUT2D eigenvalue weighted by Crippen LogP contribution is -2.35. The monoisotopic (exact) mass is 345 g/mol. The molecule has 3 atom stereocenters. The number of hydrogen-bond acceptors (Lipinski definition) is 5. The standard InChI is InChI=1S/C15H24NO6P/c1-5-21-23(18,19)13-10-16(14(17)22-15(2,3)4)9-11(13)12-7-6-8-20-12/h6-8,11,13H,5,9-10H2,1-4H3,(H,18,19). The van der Waals surface area contributed by atoms with Gasteiger partial charge in [0, 0.05) is 13.1 Å². The molecule has 3 unspecified atom stereocenters. The minimum Gasteiger partial charge on any atom is -0.469 e. The maximum atomic E-state index is 12.5. The molecule has 8 heteroatoms. The topological polar surface area (TPSA) is 89.2 Å². The van der Waals surface area contributed by atoms with Crippen molar-refractivity contribution < 1.29 is 27.9 Å². The van der Waals surface area contributed by atoms with Crippen LogP contribution in [-0.2, 0) is 13.8 Å². The first-order chi connectivity index (χ1) is 10.6. The average Bonchev–Trinajstić information content (AvgIpc) is 3.06. The Morgan fingerprint density at radius 1 is 1.48 bits per heavy atom. The molecule has 7 nitrogen and oxygen atoms in total. The fourth-order valence-electron chi connectivity index (χ4n) is 2.66. The molecule has 23 heavy (non-hydrogen) atoms. The van der Waals surface area contributed by atoms with Crippen molar-refractivity contribution in [3.8, 4) is 0 Å². The Hall–Kier alpha value is -1.30. The summed E-state index contributed by atoms with van der Waals surface area (Å²) in [6, 6.07) is 3.45. The number of likely N-dealkylation sites (tertiary alicyclic amines) is 1. The van der Waals surface area contributed by atoms with Gasteiger partial charge < -0.3 is 23.5 Å². The summed E-state index contributed by atoms with van der Waals surface area (Å²) >= 11 is 0. The number of rotatable bonds is 4. The second kappa shape index (κ2) is 6.67. The Bertz CT molecular complexity index is 579. The quantitative estimate of drug-likeness (QED) is 0.843. The fourth-order valence-corrected chi connectivity index (χ4v) is 4.32. The second-order valence-corrected chi connectivity index (χ2v) is 8.61. The predicted molar refractivity (Wildman–Crippen MR) is 84.5 cm³/mol. The summed E-state index contributed by atoms with van der Waals surface area (Å²) in [6.45, 7) is 7.46. The van der Waals surface area contributed by atoms with Crippen molar-refractivity contribution in [2.24, 2.45) is 0 Å². The van der Waals surface area contributed by atoms with Crippen molar-refractivity contribution in [1.82, 2.24) is 4.90 Å². The molecule has 1 amide bonds. The van der Waals surface area contributed by atoms with E-state index in [-0.39, 0.29) is 19.7 Å². The van der Waals surface area contributed by atoms with Crippen molar-refractivity contribution >= 4 is 13.7 Å². The van der Waals surface area contributed by atoms with E-state index >= 15 is 0 Å². The van der Waals surface area contributed by atoms with Gasteiger partial charge in [-0.2, -0.15) is 0 Å². The lowest BCUT2D eigenvalue weighted by Gasteiger charge is -2.24. The molecule has 0 bridgehead atoms. The lowest BCUT2D eigenvalue weighted by atomic mass is 10.1. The number of furan rings is 1. The molecule has 1 aliphatic rings. The third-order valence-electron chi connectivity index (χ3n) is 3.58. The highest BCUT2D eigenvalue weighted by Gasteiger charge is 2.48. The van der Waals surface area contributed by atoms with Gasteiger partial charge in [0.25, 0.3) is 0 Å². The summed E-state index contributed by atoms with van der Waals surface area (Å²) in [6.07, 6.45) is 0.999. The van der Waals surface area contributed by atoms with E-state index in [9.17, 15) is 14.3 Å². The molecule has 0 radical (unpaired) electrons. The zero-order valence-electron chi connectivity index (χ0n) is 13.9. The third kappa shape index (κ3) is 4.37. The second-order valence-electron chi connectivity index (χ2n) is 6.56. The zero-order chi connectivity index (χ0) is 17.3. The first-order valence-corrected chi connectivity index (χ1v) is 9.27. The summed E-state index contributed by atoms with van der Waals surface area (Å²) in [7, 11) is -3.88. The Morgan fingerprint density at radius 3 is 2.70 bits per heavy atom. The van der Waals surface area contributed by atoms with Gasteiger partial charge in [-0.25, -0.2) is 4.79 Å². The SMILES string of the molecule is CCOP(=O)(O)C1CN(C(=O)OC(C)(C)C)CC1c1ccco1. The summed E-state index contributed by atoms with van der Waals surface area (Å²) in [5.41, 5.74) is -1.36. The van der Waals surface area contributed by atoms with E-state index in [0.29, 0.717) is 5.76 Å². The van der Waals surface area contributed by atoms with Crippen molar-refractivity contribution in [1.29, 1.82) is 0 Å². The van der Waals surface area contributed by atoms with Crippen LogP contribution in [0.4, 0.5) is 4.79 Å². The number of nitrogens with zero attached hydrogens (tertiary/aromatic N) is 1. The molecule has 1 N–H and O–H groups in total. The maximum Gasteiger partial charge on any atom is 0.410 e. The van der Waals surface area contributed by atoms with Gasteiger partial charge in [0.05, 0.1) is 24.4 Å². The Labute approximate surface area is 136 Å². The van der Waals surface area contributed by atoms with Gasteiger partial charge in [-0.3, -0.25) is 4.57 Å². The van der Waals surface area contributed by atoms with Crippen LogP contribution in [0.15, 0.2) is 22.8 Å². The van der Waals surface area contributed by atoms with E-state index in [1.165, 1.54) is 11.2 Å². The lowest BCUT2D eigenvalue weighted by molar-refractivity contribution is 0.0291. The predicted octanol–water partition coefficient (Wildman–Crippen LogP) is 3.20. The molecular formula is C15H24NO6P. The number of ether oxygens (including phenoxy) is 1. The Kier molecular flexibility index (Phi) is 5.23. The summed E-state index contributed by atoms with van der Waals surface area (Å²) < 4.78 is 28.3. The normalized spacial score (nSPS) is 24.5. The molecule has 0 aromatic carbocycles. The van der Waals surface area contributed by atoms with E-state index in [4.69, 9.17) is 13.7 Å². The van der Waals surface area contributed by atoms with Gasteiger partial charge in [0.15, 0.2) is 0 Å². The van der Waals surface area contributed by atoms with E-state index in [2.05, 4.69) is 0 Å². The Morgan fingerprint density at radius 2 is 2.17 bits per heavy atom. The molecule has 1 fully saturated rings. The van der Waals surface area contributed by atoms with Crippen molar-refractivity contribution in [3.05, 3.63) is 24.2 Å². The Balaban J connectivity index is 2.22. The van der Waals surface area contributed by atoms with E-state index in [1.54, 1.807) is 39.8 Å². The van der Waals surface area contributed by atoms with Gasteiger partial charge in [0.2, 0.25) is 0 Å². The van der Waals surface area contributed by atoms with Crippen LogP contribution in [0.3, 0.4) is 0 Å². The van der Waals surface area contributed by atoms with Crippen LogP contribution < -0.4 is 0 Å². The number of carbonyl (C=O) groups is 1. The highest BCUT2D eigenvalue weighted by Crippen LogP contribution is 2.55. The van der Waals surface area contributed by atoms with Crippen molar-refractivity contribution in [2.45, 2.75) is 44.9 Å². The summed E-state index contributed by atoms with van der Waals surface area (Å²) in [5.74, 6) is 0.162. The van der Waals surface area contributed by atoms with Crippen molar-refractivity contribution in [3.63, 3.8) is 0 Å². The maximum absolute atomic E-state index is 12.5. The number of carbonyl (C=O) groups excluding carboxylic acids is 1. The number of amides is 1. The molecule has 2 rings (SSSR count). The third-order valence-corrected chi connectivity index (χ3v) is 5.57. The first-order valence-electron chi connectivity index (χ1n) is 7.62. The zero-order valence-corrected chi connectivity index (χ0v) is 14.8. The van der Waals surface area contributed by atoms with Crippen molar-refractivity contribution in [2.75, 3.05) is 19.7 Å². The minimum absolute atomic E-state index is 0.0913. The van der Waals surface area contributed by atoms with E-state index in [0.717, 1.165) is 0 Å². The highest BCUT2D eigenvalue weighted by molar-refractivity contribution is 7.53. The largest absolute Gasteiger partial charge is 0.469 e. The van der Waals surface area contributed by atoms with Crippen LogP contribution in [-0.4, -0.2) is 46.8 Å². The molecule has 1 aromatic heterocycles. The number of hydrogen-bond donors (Lipinski definition) is 1. The van der Waals surface area contributed by atoms with Crippen LogP contribution in [0.1, 0.15) is 39.4 Å². The molecule has 0 saturated carbocycles. The molecule has 0 spiro atoms. The van der Waals surface area contributed by atoms with Crippen LogP contribution in [0.25, 0.3) is 0 Å². The molecule has 130 valence electrons. The van der Waals surface area contributed by atoms with Gasteiger partial charge >= 0.3 is 13.7 Å². The van der Waals surface area contributed by atoms with Gasteiger partial charge in [0.1, 0.15) is 11.4 Å². The van der Waals surface area contributed by atoms with Crippen LogP contribution >= 0.6 is 7.60 Å². The molecule has 1 aromatic rings. The smallest absolute Gasteiger partial charge is 0.410 e. The van der Waals surface area contributed by atoms with E-state index < -0.39 is 30.9 Å². The van der Waals surface area contributed by atoms with E-state index in [1.807, 2.05) is 0 Å². The van der Waals surface area contributed by atoms with Crippen LogP contribution in [0.5, 0.6) is 0 Å². The van der Waals surface area contributed by atoms with Crippen LogP contribution in [0.2, 0.25) is 0 Å².